The van der Waals surface area contributed by atoms with Crippen LogP contribution in [-0.4, -0.2) is 20.6 Å². The first kappa shape index (κ1) is 18.2. The second-order valence-corrected chi connectivity index (χ2v) is 10.3. The monoisotopic (exact) mass is 374 g/mol. The highest BCUT2D eigenvalue weighted by molar-refractivity contribution is 5.46. The van der Waals surface area contributed by atoms with Crippen LogP contribution in [0, 0.1) is 17.3 Å². The number of hydrogen-bond donors (Lipinski definition) is 1. The van der Waals surface area contributed by atoms with Crippen molar-refractivity contribution < 1.29 is 0 Å². The van der Waals surface area contributed by atoms with E-state index in [9.17, 15) is 0 Å². The van der Waals surface area contributed by atoms with E-state index in [-0.39, 0.29) is 0 Å². The van der Waals surface area contributed by atoms with E-state index < -0.39 is 0 Å². The largest absolute Gasteiger partial charge is 0.378 e. The van der Waals surface area contributed by atoms with Crippen molar-refractivity contribution in [3.63, 3.8) is 0 Å². The number of rotatable bonds is 6. The van der Waals surface area contributed by atoms with Crippen molar-refractivity contribution in [3.05, 3.63) is 65.7 Å². The number of nitrogens with zero attached hydrogens (tertiary/aromatic N) is 1. The van der Waals surface area contributed by atoms with Gasteiger partial charge in [0.1, 0.15) is 0 Å². The molecular weight excluding hydrogens is 340 g/mol. The number of hydrogen-bond acceptors (Lipinski definition) is 2. The van der Waals surface area contributed by atoms with Gasteiger partial charge in [-0.05, 0) is 84.5 Å². The van der Waals surface area contributed by atoms with Crippen LogP contribution in [0.25, 0.3) is 0 Å². The number of nitrogens with one attached hydrogen (secondary N) is 1. The van der Waals surface area contributed by atoms with Crippen molar-refractivity contribution in [1.29, 1.82) is 0 Å². The lowest BCUT2D eigenvalue weighted by Gasteiger charge is -2.62. The molecule has 6 rings (SSSR count). The highest BCUT2D eigenvalue weighted by Crippen LogP contribution is 2.65. The Morgan fingerprint density at radius 2 is 1.57 bits per heavy atom. The Morgan fingerprint density at radius 1 is 0.893 bits per heavy atom. The lowest BCUT2D eigenvalue weighted by Crippen LogP contribution is -2.56. The zero-order valence-electron chi connectivity index (χ0n) is 17.5. The quantitative estimate of drug-likeness (QED) is 0.730. The molecule has 0 aliphatic heterocycles. The summed E-state index contributed by atoms with van der Waals surface area (Å²) in [6.07, 6.45) is 8.64. The van der Waals surface area contributed by atoms with Crippen LogP contribution in [0.1, 0.15) is 49.7 Å². The van der Waals surface area contributed by atoms with Crippen LogP contribution in [0.15, 0.2) is 54.6 Å². The summed E-state index contributed by atoms with van der Waals surface area (Å²) < 4.78 is 0. The van der Waals surface area contributed by atoms with Gasteiger partial charge in [-0.1, -0.05) is 42.5 Å². The van der Waals surface area contributed by atoms with Crippen molar-refractivity contribution in [3.8, 4) is 0 Å². The molecule has 4 aliphatic rings. The molecule has 2 aromatic carbocycles. The lowest BCUT2D eigenvalue weighted by atomic mass is 9.43. The van der Waals surface area contributed by atoms with E-state index in [0.29, 0.717) is 10.8 Å². The minimum Gasteiger partial charge on any atom is -0.378 e. The molecule has 28 heavy (non-hydrogen) atoms. The van der Waals surface area contributed by atoms with Crippen LogP contribution in [0.3, 0.4) is 0 Å². The topological polar surface area (TPSA) is 15.3 Å². The maximum atomic E-state index is 3.86. The summed E-state index contributed by atoms with van der Waals surface area (Å²) in [6.45, 7) is 2.17. The summed E-state index contributed by atoms with van der Waals surface area (Å²) in [6, 6.07) is 20.5. The first-order valence-electron chi connectivity index (χ1n) is 11.1. The van der Waals surface area contributed by atoms with Gasteiger partial charge >= 0.3 is 0 Å². The molecule has 0 unspecified atom stereocenters. The van der Waals surface area contributed by atoms with E-state index >= 15 is 0 Å². The Hall–Kier alpha value is -1.80. The molecule has 2 nitrogen and oxygen atoms in total. The van der Waals surface area contributed by atoms with Crippen LogP contribution in [0.4, 0.5) is 5.69 Å². The summed E-state index contributed by atoms with van der Waals surface area (Å²) >= 11 is 0. The average Bonchev–Trinajstić information content (AvgIpc) is 2.68. The fraction of sp³-hybridized carbons (Fsp3) is 0.538. The summed E-state index contributed by atoms with van der Waals surface area (Å²) in [5, 5.41) is 3.86. The van der Waals surface area contributed by atoms with Crippen molar-refractivity contribution in [2.24, 2.45) is 17.3 Å². The standard InChI is InChI=1S/C26H34N2/c1-28(2)24-10-8-20(9-11-24)17-27-19-25-13-21-12-22(14-25)16-26(15-21,18-25)23-6-4-3-5-7-23/h3-11,21-22,27H,12-19H2,1-2H3/t21-,22-,25?,26?/m1/s1. The Bertz CT molecular complexity index is 794. The SMILES string of the molecule is CN(C)c1ccc(CNCC23C[C@H]4C[C@H](C2)CC(c2ccccc2)(C4)C3)cc1. The molecule has 148 valence electrons. The molecule has 4 aliphatic carbocycles. The highest BCUT2D eigenvalue weighted by atomic mass is 15.1. The number of benzene rings is 2. The van der Waals surface area contributed by atoms with E-state index in [2.05, 4.69) is 78.9 Å². The van der Waals surface area contributed by atoms with Crippen LogP contribution >= 0.6 is 0 Å². The Labute approximate surface area is 170 Å². The van der Waals surface area contributed by atoms with Gasteiger partial charge in [0.15, 0.2) is 0 Å². The van der Waals surface area contributed by atoms with Gasteiger partial charge in [0.2, 0.25) is 0 Å². The normalized spacial score (nSPS) is 33.2. The van der Waals surface area contributed by atoms with Gasteiger partial charge in [-0.15, -0.1) is 0 Å². The van der Waals surface area contributed by atoms with E-state index in [1.54, 1.807) is 5.56 Å². The van der Waals surface area contributed by atoms with Crippen molar-refractivity contribution >= 4 is 5.69 Å². The number of anilines is 1. The Morgan fingerprint density at radius 3 is 2.21 bits per heavy atom. The molecule has 2 heteroatoms. The molecule has 0 spiro atoms. The van der Waals surface area contributed by atoms with Gasteiger partial charge in [0.05, 0.1) is 0 Å². The van der Waals surface area contributed by atoms with Crippen LogP contribution in [-0.2, 0) is 12.0 Å². The Balaban J connectivity index is 1.29. The average molecular weight is 375 g/mol. The van der Waals surface area contributed by atoms with Gasteiger partial charge in [0, 0.05) is 32.9 Å². The minimum absolute atomic E-state index is 0.459. The highest BCUT2D eigenvalue weighted by Gasteiger charge is 2.57. The predicted molar refractivity (Wildman–Crippen MR) is 118 cm³/mol. The molecule has 0 heterocycles. The van der Waals surface area contributed by atoms with Crippen molar-refractivity contribution in [1.82, 2.24) is 5.32 Å². The first-order chi connectivity index (χ1) is 13.6. The molecule has 0 amide bonds. The van der Waals surface area contributed by atoms with Gasteiger partial charge in [-0.2, -0.15) is 0 Å². The van der Waals surface area contributed by atoms with Crippen molar-refractivity contribution in [2.75, 3.05) is 25.5 Å². The molecule has 0 saturated heterocycles. The molecule has 4 bridgehead atoms. The lowest BCUT2D eigenvalue weighted by molar-refractivity contribution is -0.0708. The summed E-state index contributed by atoms with van der Waals surface area (Å²) in [7, 11) is 4.20. The summed E-state index contributed by atoms with van der Waals surface area (Å²) in [5.74, 6) is 1.89. The molecule has 0 radical (unpaired) electrons. The maximum absolute atomic E-state index is 3.86. The zero-order valence-corrected chi connectivity index (χ0v) is 17.5. The van der Waals surface area contributed by atoms with Crippen LogP contribution < -0.4 is 10.2 Å². The van der Waals surface area contributed by atoms with E-state index in [0.717, 1.165) is 18.4 Å². The summed E-state index contributed by atoms with van der Waals surface area (Å²) in [4.78, 5) is 2.16. The molecule has 1 N–H and O–H groups in total. The molecule has 2 aromatic rings. The van der Waals surface area contributed by atoms with Crippen molar-refractivity contribution in [2.45, 2.75) is 50.5 Å². The third-order valence-corrected chi connectivity index (χ3v) is 7.85. The van der Waals surface area contributed by atoms with Gasteiger partial charge in [-0.25, -0.2) is 0 Å². The predicted octanol–water partition coefficient (Wildman–Crippen LogP) is 5.38. The fourth-order valence-electron chi connectivity index (χ4n) is 7.17. The molecular formula is C26H34N2. The van der Waals surface area contributed by atoms with Crippen LogP contribution in [0.2, 0.25) is 0 Å². The van der Waals surface area contributed by atoms with E-state index in [4.69, 9.17) is 0 Å². The Kier molecular flexibility index (Phi) is 4.50. The van der Waals surface area contributed by atoms with E-state index in [1.807, 2.05) is 0 Å². The maximum Gasteiger partial charge on any atom is 0.0361 e. The second kappa shape index (κ2) is 6.91. The fourth-order valence-corrected chi connectivity index (χ4v) is 7.17. The minimum atomic E-state index is 0.459. The molecule has 4 saturated carbocycles. The molecule has 4 fully saturated rings. The third kappa shape index (κ3) is 3.26. The van der Waals surface area contributed by atoms with Crippen LogP contribution in [0.5, 0.6) is 0 Å². The first-order valence-corrected chi connectivity index (χ1v) is 11.1. The van der Waals surface area contributed by atoms with Gasteiger partial charge in [-0.3, -0.25) is 0 Å². The summed E-state index contributed by atoms with van der Waals surface area (Å²) in [5.41, 5.74) is 5.26. The molecule has 2 atom stereocenters. The van der Waals surface area contributed by atoms with Gasteiger partial charge in [0.25, 0.3) is 0 Å². The van der Waals surface area contributed by atoms with Gasteiger partial charge < -0.3 is 10.2 Å². The second-order valence-electron chi connectivity index (χ2n) is 10.3. The molecule has 0 aromatic heterocycles. The smallest absolute Gasteiger partial charge is 0.0361 e. The zero-order chi connectivity index (χ0) is 19.2. The third-order valence-electron chi connectivity index (χ3n) is 7.85. The van der Waals surface area contributed by atoms with E-state index in [1.165, 1.54) is 56.3 Å².